The molecule has 6 rings (SSSR count). The van der Waals surface area contributed by atoms with Gasteiger partial charge in [0.25, 0.3) is 5.91 Å². The van der Waals surface area contributed by atoms with E-state index in [-0.39, 0.29) is 11.5 Å². The molecule has 0 bridgehead atoms. The number of carboxylic acids is 1. The number of carbonyl (C=O) groups is 2. The first-order valence-corrected chi connectivity index (χ1v) is 13.2. The summed E-state index contributed by atoms with van der Waals surface area (Å²) in [5, 5.41) is 16.6. The van der Waals surface area contributed by atoms with Gasteiger partial charge in [-0.2, -0.15) is 0 Å². The first kappa shape index (κ1) is 23.7. The number of hydrogen-bond acceptors (Lipinski definition) is 3. The molecule has 186 valence electrons. The summed E-state index contributed by atoms with van der Waals surface area (Å²) in [6.07, 6.45) is 4.80. The average Bonchev–Trinajstić information content (AvgIpc) is 3.62. The summed E-state index contributed by atoms with van der Waals surface area (Å²) in [4.78, 5) is 25.8. The minimum atomic E-state index is -0.972. The van der Waals surface area contributed by atoms with Crippen LogP contribution in [0.3, 0.4) is 0 Å². The summed E-state index contributed by atoms with van der Waals surface area (Å²) in [5.41, 5.74) is 5.79. The van der Waals surface area contributed by atoms with E-state index < -0.39 is 5.97 Å². The highest BCUT2D eigenvalue weighted by Crippen LogP contribution is 2.30. The number of nitrogens with one attached hydrogen (secondary N) is 1. The molecule has 0 saturated carbocycles. The minimum absolute atomic E-state index is 0.172. The van der Waals surface area contributed by atoms with Crippen molar-refractivity contribution in [2.75, 3.05) is 0 Å². The molecule has 3 aromatic carbocycles. The summed E-state index contributed by atoms with van der Waals surface area (Å²) >= 11 is 1.64. The molecule has 0 spiro atoms. The number of pyridine rings is 1. The molecule has 6 heteroatoms. The lowest BCUT2D eigenvalue weighted by atomic mass is 10.00. The highest BCUT2D eigenvalue weighted by molar-refractivity contribution is 7.13. The van der Waals surface area contributed by atoms with E-state index in [9.17, 15) is 9.59 Å². The normalized spacial score (nSPS) is 11.2. The molecule has 1 amide bonds. The molecule has 3 heterocycles. The van der Waals surface area contributed by atoms with E-state index in [1.165, 1.54) is 16.3 Å². The fourth-order valence-corrected chi connectivity index (χ4v) is 5.53. The number of thiophene rings is 1. The summed E-state index contributed by atoms with van der Waals surface area (Å²) in [5.74, 6) is -1.14. The molecule has 0 atom stereocenters. The molecule has 6 aromatic rings. The van der Waals surface area contributed by atoms with Crippen LogP contribution in [0.15, 0.2) is 109 Å². The number of amides is 1. The van der Waals surface area contributed by atoms with Crippen LogP contribution < -0.4 is 5.32 Å². The van der Waals surface area contributed by atoms with Crippen molar-refractivity contribution in [1.29, 1.82) is 0 Å². The molecule has 0 aliphatic rings. The summed E-state index contributed by atoms with van der Waals surface area (Å²) in [6.45, 7) is 0.300. The third-order valence-corrected chi connectivity index (χ3v) is 7.66. The van der Waals surface area contributed by atoms with Gasteiger partial charge in [0, 0.05) is 29.4 Å². The van der Waals surface area contributed by atoms with Crippen LogP contribution in [0.25, 0.3) is 26.7 Å². The summed E-state index contributed by atoms with van der Waals surface area (Å²) < 4.78 is 2.04. The molecule has 0 saturated heterocycles. The number of rotatable bonds is 7. The third-order valence-electron chi connectivity index (χ3n) is 6.74. The number of hydrogen-bond donors (Lipinski definition) is 2. The van der Waals surface area contributed by atoms with Crippen molar-refractivity contribution in [1.82, 2.24) is 9.72 Å². The molecule has 0 radical (unpaired) electrons. The Morgan fingerprint density at radius 2 is 1.63 bits per heavy atom. The fourth-order valence-electron chi connectivity index (χ4n) is 4.82. The second-order valence-electron chi connectivity index (χ2n) is 9.26. The Balaban J connectivity index is 1.35. The van der Waals surface area contributed by atoms with Gasteiger partial charge in [0.05, 0.1) is 16.6 Å². The molecule has 0 aliphatic carbocycles. The molecular formula is C32H24N2O3S. The van der Waals surface area contributed by atoms with E-state index in [0.717, 1.165) is 27.1 Å². The van der Waals surface area contributed by atoms with Crippen LogP contribution in [0.1, 0.15) is 37.4 Å². The molecule has 0 aliphatic heterocycles. The van der Waals surface area contributed by atoms with Crippen molar-refractivity contribution in [3.05, 3.63) is 137 Å². The second-order valence-corrected chi connectivity index (χ2v) is 10.2. The Labute approximate surface area is 223 Å². The van der Waals surface area contributed by atoms with Crippen molar-refractivity contribution >= 4 is 39.5 Å². The lowest BCUT2D eigenvalue weighted by Gasteiger charge is -2.12. The van der Waals surface area contributed by atoms with Crippen molar-refractivity contribution in [2.45, 2.75) is 13.0 Å². The van der Waals surface area contributed by atoms with Crippen LogP contribution in [0.4, 0.5) is 0 Å². The predicted molar refractivity (Wildman–Crippen MR) is 152 cm³/mol. The topological polar surface area (TPSA) is 70.8 Å². The minimum Gasteiger partial charge on any atom is -0.478 e. The third kappa shape index (κ3) is 4.69. The van der Waals surface area contributed by atoms with Gasteiger partial charge in [-0.15, -0.1) is 11.3 Å². The Morgan fingerprint density at radius 3 is 2.39 bits per heavy atom. The SMILES string of the molecule is O=C(O)c1ccc(CNC(=O)c2cc(-c3cccs3)cn3ccc(Cc4ccc5ccccc5c4)c23)cc1. The standard InChI is InChI=1S/C32H24N2O3S/c35-31(33-19-21-7-11-24(12-8-21)32(36)37)28-18-27(29-6-3-15-38-29)20-34-14-13-26(30(28)34)17-22-9-10-23-4-1-2-5-25(23)16-22/h1-16,18,20H,17,19H2,(H,33,35)(H,36,37). The Hall–Kier alpha value is -4.68. The van der Waals surface area contributed by atoms with Gasteiger partial charge in [-0.3, -0.25) is 4.79 Å². The first-order valence-electron chi connectivity index (χ1n) is 12.3. The number of carboxylic acid groups (broad SMARTS) is 1. The maximum atomic E-state index is 13.6. The van der Waals surface area contributed by atoms with E-state index in [2.05, 4.69) is 54.0 Å². The van der Waals surface area contributed by atoms with Crippen molar-refractivity contribution in [3.8, 4) is 10.4 Å². The number of aromatic carboxylic acids is 1. The number of aromatic nitrogens is 1. The number of carbonyl (C=O) groups excluding carboxylic acids is 1. The number of benzene rings is 3. The zero-order chi connectivity index (χ0) is 26.1. The van der Waals surface area contributed by atoms with Crippen LogP contribution in [-0.2, 0) is 13.0 Å². The molecule has 5 nitrogen and oxygen atoms in total. The zero-order valence-corrected chi connectivity index (χ0v) is 21.2. The van der Waals surface area contributed by atoms with Crippen LogP contribution in [0.5, 0.6) is 0 Å². The van der Waals surface area contributed by atoms with Gasteiger partial charge in [-0.1, -0.05) is 60.7 Å². The van der Waals surface area contributed by atoms with E-state index in [1.807, 2.05) is 40.2 Å². The van der Waals surface area contributed by atoms with E-state index in [1.54, 1.807) is 35.6 Å². The largest absolute Gasteiger partial charge is 0.478 e. The maximum absolute atomic E-state index is 13.6. The molecule has 38 heavy (non-hydrogen) atoms. The average molecular weight is 517 g/mol. The van der Waals surface area contributed by atoms with Gasteiger partial charge in [0.2, 0.25) is 0 Å². The van der Waals surface area contributed by atoms with Crippen molar-refractivity contribution in [3.63, 3.8) is 0 Å². The van der Waals surface area contributed by atoms with Gasteiger partial charge < -0.3 is 14.8 Å². The van der Waals surface area contributed by atoms with Crippen LogP contribution >= 0.6 is 11.3 Å². The predicted octanol–water partition coefficient (Wildman–Crippen LogP) is 7.04. The molecule has 0 unspecified atom stereocenters. The second kappa shape index (κ2) is 10.00. The smallest absolute Gasteiger partial charge is 0.335 e. The lowest BCUT2D eigenvalue weighted by Crippen LogP contribution is -2.23. The Morgan fingerprint density at radius 1 is 0.842 bits per heavy atom. The zero-order valence-electron chi connectivity index (χ0n) is 20.4. The summed E-state index contributed by atoms with van der Waals surface area (Å²) in [7, 11) is 0. The fraction of sp³-hybridized carbons (Fsp3) is 0.0625. The van der Waals surface area contributed by atoms with E-state index in [4.69, 9.17) is 5.11 Å². The maximum Gasteiger partial charge on any atom is 0.335 e. The molecule has 3 aromatic heterocycles. The number of nitrogens with zero attached hydrogens (tertiary/aromatic N) is 1. The van der Waals surface area contributed by atoms with Gasteiger partial charge in [-0.05, 0) is 69.6 Å². The number of fused-ring (bicyclic) bond motifs is 2. The highest BCUT2D eigenvalue weighted by atomic mass is 32.1. The van der Waals surface area contributed by atoms with Gasteiger partial charge in [0.15, 0.2) is 0 Å². The van der Waals surface area contributed by atoms with Crippen LogP contribution in [-0.4, -0.2) is 21.4 Å². The first-order chi connectivity index (χ1) is 18.5. The highest BCUT2D eigenvalue weighted by Gasteiger charge is 2.17. The molecule has 0 fully saturated rings. The Kier molecular flexibility index (Phi) is 6.23. The van der Waals surface area contributed by atoms with Crippen molar-refractivity contribution in [2.24, 2.45) is 0 Å². The van der Waals surface area contributed by atoms with Crippen LogP contribution in [0.2, 0.25) is 0 Å². The van der Waals surface area contributed by atoms with Crippen LogP contribution in [0, 0.1) is 0 Å². The van der Waals surface area contributed by atoms with E-state index in [0.29, 0.717) is 18.5 Å². The lowest BCUT2D eigenvalue weighted by molar-refractivity contribution is 0.0696. The molecular weight excluding hydrogens is 492 g/mol. The molecule has 2 N–H and O–H groups in total. The monoisotopic (exact) mass is 516 g/mol. The van der Waals surface area contributed by atoms with Gasteiger partial charge in [0.1, 0.15) is 0 Å². The van der Waals surface area contributed by atoms with Crippen molar-refractivity contribution < 1.29 is 14.7 Å². The van der Waals surface area contributed by atoms with Gasteiger partial charge in [-0.25, -0.2) is 4.79 Å². The quantitative estimate of drug-likeness (QED) is 0.239. The Bertz CT molecular complexity index is 1780. The summed E-state index contributed by atoms with van der Waals surface area (Å²) in [6, 6.07) is 29.5. The van der Waals surface area contributed by atoms with E-state index >= 15 is 0 Å². The van der Waals surface area contributed by atoms with Gasteiger partial charge >= 0.3 is 5.97 Å².